The lowest BCUT2D eigenvalue weighted by atomic mass is 9.99. The standard InChI is InChI=1S/C15H26O8/c1-5-8(4)14(20)21-6-9-10(16)11(17)12(18)15(22-9)23-13(19)7(2)3/h7-12,15-18H,5-6H2,1-4H3/t8-,9-,10-,11+,12-,15+/m1/s1. The first-order valence-corrected chi connectivity index (χ1v) is 7.75. The summed E-state index contributed by atoms with van der Waals surface area (Å²) in [5.74, 6) is -1.83. The minimum Gasteiger partial charge on any atom is -0.463 e. The van der Waals surface area contributed by atoms with E-state index in [9.17, 15) is 24.9 Å². The first-order valence-electron chi connectivity index (χ1n) is 7.75. The summed E-state index contributed by atoms with van der Waals surface area (Å²) in [7, 11) is 0. The van der Waals surface area contributed by atoms with Crippen molar-refractivity contribution in [1.82, 2.24) is 0 Å². The van der Waals surface area contributed by atoms with Crippen molar-refractivity contribution < 1.29 is 39.1 Å². The van der Waals surface area contributed by atoms with E-state index in [2.05, 4.69) is 0 Å². The van der Waals surface area contributed by atoms with Crippen LogP contribution in [0.3, 0.4) is 0 Å². The van der Waals surface area contributed by atoms with Gasteiger partial charge < -0.3 is 29.5 Å². The van der Waals surface area contributed by atoms with Gasteiger partial charge in [-0.05, 0) is 6.42 Å². The van der Waals surface area contributed by atoms with Crippen molar-refractivity contribution in [3.63, 3.8) is 0 Å². The first-order chi connectivity index (χ1) is 10.7. The fourth-order valence-electron chi connectivity index (χ4n) is 1.88. The van der Waals surface area contributed by atoms with E-state index < -0.39 is 48.6 Å². The van der Waals surface area contributed by atoms with E-state index in [1.807, 2.05) is 6.92 Å². The lowest BCUT2D eigenvalue weighted by Gasteiger charge is -2.39. The highest BCUT2D eigenvalue weighted by molar-refractivity contribution is 5.72. The second kappa shape index (κ2) is 8.58. The van der Waals surface area contributed by atoms with Crippen LogP contribution in [0, 0.1) is 11.8 Å². The fraction of sp³-hybridized carbons (Fsp3) is 0.867. The Bertz CT molecular complexity index is 410. The summed E-state index contributed by atoms with van der Waals surface area (Å²) < 4.78 is 15.3. The molecule has 1 fully saturated rings. The molecule has 1 aliphatic rings. The largest absolute Gasteiger partial charge is 0.463 e. The second-order valence-electron chi connectivity index (χ2n) is 6.05. The summed E-state index contributed by atoms with van der Waals surface area (Å²) in [4.78, 5) is 23.3. The molecule has 0 unspecified atom stereocenters. The Kier molecular flexibility index (Phi) is 7.40. The minimum atomic E-state index is -1.59. The van der Waals surface area contributed by atoms with E-state index >= 15 is 0 Å². The van der Waals surface area contributed by atoms with Crippen molar-refractivity contribution in [3.05, 3.63) is 0 Å². The summed E-state index contributed by atoms with van der Waals surface area (Å²) in [6.07, 6.45) is -6.58. The molecule has 0 aromatic heterocycles. The Labute approximate surface area is 135 Å². The summed E-state index contributed by atoms with van der Waals surface area (Å²) >= 11 is 0. The van der Waals surface area contributed by atoms with E-state index in [4.69, 9.17) is 14.2 Å². The number of hydrogen-bond acceptors (Lipinski definition) is 8. The first kappa shape index (κ1) is 19.8. The Balaban J connectivity index is 2.68. The summed E-state index contributed by atoms with van der Waals surface area (Å²) in [5, 5.41) is 29.6. The number of carbonyl (C=O) groups is 2. The predicted octanol–water partition coefficient (Wildman–Crippen LogP) is -0.417. The maximum Gasteiger partial charge on any atom is 0.310 e. The zero-order valence-corrected chi connectivity index (χ0v) is 13.8. The van der Waals surface area contributed by atoms with E-state index in [1.165, 1.54) is 0 Å². The lowest BCUT2D eigenvalue weighted by molar-refractivity contribution is -0.294. The maximum atomic E-state index is 11.7. The van der Waals surface area contributed by atoms with Crippen molar-refractivity contribution in [2.75, 3.05) is 6.61 Å². The van der Waals surface area contributed by atoms with Crippen LogP contribution in [0.5, 0.6) is 0 Å². The molecule has 0 bridgehead atoms. The molecule has 1 heterocycles. The number of aliphatic hydroxyl groups is 3. The maximum absolute atomic E-state index is 11.7. The van der Waals surface area contributed by atoms with Gasteiger partial charge in [0, 0.05) is 0 Å². The molecule has 8 nitrogen and oxygen atoms in total. The van der Waals surface area contributed by atoms with Crippen LogP contribution in [0.25, 0.3) is 0 Å². The van der Waals surface area contributed by atoms with Gasteiger partial charge in [0.05, 0.1) is 11.8 Å². The van der Waals surface area contributed by atoms with Gasteiger partial charge in [-0.3, -0.25) is 9.59 Å². The highest BCUT2D eigenvalue weighted by atomic mass is 16.7. The van der Waals surface area contributed by atoms with Gasteiger partial charge in [0.1, 0.15) is 31.0 Å². The molecule has 0 saturated carbocycles. The Morgan fingerprint density at radius 3 is 2.17 bits per heavy atom. The minimum absolute atomic E-state index is 0.305. The molecule has 8 heteroatoms. The van der Waals surface area contributed by atoms with Crippen LogP contribution in [0.15, 0.2) is 0 Å². The molecule has 0 aromatic rings. The van der Waals surface area contributed by atoms with E-state index in [-0.39, 0.29) is 12.5 Å². The normalized spacial score (nSPS) is 32.4. The van der Waals surface area contributed by atoms with Crippen molar-refractivity contribution in [3.8, 4) is 0 Å². The van der Waals surface area contributed by atoms with Crippen LogP contribution in [0.2, 0.25) is 0 Å². The van der Waals surface area contributed by atoms with Gasteiger partial charge in [-0.2, -0.15) is 0 Å². The average molecular weight is 334 g/mol. The molecule has 1 aliphatic heterocycles. The quantitative estimate of drug-likeness (QED) is 0.560. The molecule has 134 valence electrons. The highest BCUT2D eigenvalue weighted by Gasteiger charge is 2.46. The monoisotopic (exact) mass is 334 g/mol. The third-order valence-electron chi connectivity index (χ3n) is 3.78. The molecular weight excluding hydrogens is 308 g/mol. The van der Waals surface area contributed by atoms with Crippen LogP contribution in [0.4, 0.5) is 0 Å². The smallest absolute Gasteiger partial charge is 0.310 e. The molecule has 0 aliphatic carbocycles. The van der Waals surface area contributed by atoms with Crippen LogP contribution < -0.4 is 0 Å². The summed E-state index contributed by atoms with van der Waals surface area (Å²) in [6, 6.07) is 0. The van der Waals surface area contributed by atoms with E-state index in [1.54, 1.807) is 20.8 Å². The summed E-state index contributed by atoms with van der Waals surface area (Å²) in [5.41, 5.74) is 0. The Hall–Kier alpha value is -1.22. The molecular formula is C15H26O8. The van der Waals surface area contributed by atoms with Crippen LogP contribution in [-0.2, 0) is 23.8 Å². The fourth-order valence-corrected chi connectivity index (χ4v) is 1.88. The van der Waals surface area contributed by atoms with Crippen molar-refractivity contribution in [2.45, 2.75) is 64.8 Å². The van der Waals surface area contributed by atoms with Gasteiger partial charge in [0.2, 0.25) is 6.29 Å². The molecule has 0 aromatic carbocycles. The molecule has 0 amide bonds. The molecule has 3 N–H and O–H groups in total. The van der Waals surface area contributed by atoms with E-state index in [0.717, 1.165) is 0 Å². The molecule has 6 atom stereocenters. The topological polar surface area (TPSA) is 123 Å². The van der Waals surface area contributed by atoms with Crippen LogP contribution in [-0.4, -0.2) is 64.6 Å². The second-order valence-corrected chi connectivity index (χ2v) is 6.05. The number of esters is 2. The van der Waals surface area contributed by atoms with Gasteiger partial charge in [-0.25, -0.2) is 0 Å². The Morgan fingerprint density at radius 2 is 1.65 bits per heavy atom. The molecule has 1 rings (SSSR count). The predicted molar refractivity (Wildman–Crippen MR) is 78.0 cm³/mol. The number of rotatable bonds is 6. The number of hydrogen-bond donors (Lipinski definition) is 3. The number of aliphatic hydroxyl groups excluding tert-OH is 3. The van der Waals surface area contributed by atoms with Crippen molar-refractivity contribution in [1.29, 1.82) is 0 Å². The van der Waals surface area contributed by atoms with Gasteiger partial charge in [0.25, 0.3) is 0 Å². The third-order valence-corrected chi connectivity index (χ3v) is 3.78. The zero-order chi connectivity index (χ0) is 17.7. The van der Waals surface area contributed by atoms with Gasteiger partial charge >= 0.3 is 11.9 Å². The van der Waals surface area contributed by atoms with Gasteiger partial charge in [0.15, 0.2) is 0 Å². The highest BCUT2D eigenvalue weighted by Crippen LogP contribution is 2.23. The Morgan fingerprint density at radius 1 is 1.04 bits per heavy atom. The van der Waals surface area contributed by atoms with Crippen LogP contribution >= 0.6 is 0 Å². The molecule has 0 spiro atoms. The third kappa shape index (κ3) is 5.13. The van der Waals surface area contributed by atoms with Gasteiger partial charge in [-0.1, -0.05) is 27.7 Å². The lowest BCUT2D eigenvalue weighted by Crippen LogP contribution is -2.60. The molecule has 0 radical (unpaired) electrons. The molecule has 1 saturated heterocycles. The zero-order valence-electron chi connectivity index (χ0n) is 13.8. The van der Waals surface area contributed by atoms with Crippen LogP contribution in [0.1, 0.15) is 34.1 Å². The van der Waals surface area contributed by atoms with Crippen molar-refractivity contribution in [2.24, 2.45) is 11.8 Å². The molecule has 23 heavy (non-hydrogen) atoms. The SMILES string of the molecule is CC[C@@H](C)C(=O)OC[C@H]1O[C@@H](OC(=O)C(C)C)[C@H](O)[C@@H](O)[C@@H]1O. The van der Waals surface area contributed by atoms with Crippen molar-refractivity contribution >= 4 is 11.9 Å². The van der Waals surface area contributed by atoms with E-state index in [0.29, 0.717) is 6.42 Å². The number of ether oxygens (including phenoxy) is 3. The summed E-state index contributed by atoms with van der Waals surface area (Å²) in [6.45, 7) is 6.43. The average Bonchev–Trinajstić information content (AvgIpc) is 2.52. The number of carbonyl (C=O) groups excluding carboxylic acids is 2. The van der Waals surface area contributed by atoms with Gasteiger partial charge in [-0.15, -0.1) is 0 Å².